The van der Waals surface area contributed by atoms with Crippen molar-refractivity contribution in [2.75, 3.05) is 0 Å². The molecule has 2 atom stereocenters. The summed E-state index contributed by atoms with van der Waals surface area (Å²) in [7, 11) is -3.64. The van der Waals surface area contributed by atoms with Crippen LogP contribution >= 0.6 is 11.3 Å². The van der Waals surface area contributed by atoms with Crippen molar-refractivity contribution in [3.8, 4) is 0 Å². The van der Waals surface area contributed by atoms with E-state index < -0.39 is 10.0 Å². The maximum absolute atomic E-state index is 11.4. The summed E-state index contributed by atoms with van der Waals surface area (Å²) < 4.78 is 22.9. The van der Waals surface area contributed by atoms with Crippen LogP contribution in [0.2, 0.25) is 0 Å². The zero-order valence-electron chi connectivity index (χ0n) is 14.6. The molecule has 0 spiro atoms. The summed E-state index contributed by atoms with van der Waals surface area (Å²) in [6.07, 6.45) is 5.21. The first kappa shape index (κ1) is 17.2. The van der Waals surface area contributed by atoms with Crippen LogP contribution in [-0.4, -0.2) is 13.4 Å². The summed E-state index contributed by atoms with van der Waals surface area (Å²) in [6, 6.07) is 7.02. The van der Waals surface area contributed by atoms with E-state index in [1.807, 2.05) is 23.5 Å². The van der Waals surface area contributed by atoms with Crippen LogP contribution in [0.3, 0.4) is 0 Å². The average molecular weight is 377 g/mol. The van der Waals surface area contributed by atoms with E-state index in [0.29, 0.717) is 17.8 Å². The molecule has 1 heterocycles. The van der Waals surface area contributed by atoms with Crippen LogP contribution in [0.25, 0.3) is 0 Å². The Bertz CT molecular complexity index is 878. The number of nitrogens with two attached hydrogens (primary N) is 1. The number of thiazole rings is 1. The Kier molecular flexibility index (Phi) is 4.05. The molecule has 134 valence electrons. The van der Waals surface area contributed by atoms with Gasteiger partial charge in [-0.3, -0.25) is 0 Å². The molecule has 0 bridgehead atoms. The Balaban J connectivity index is 1.57. The molecule has 0 aliphatic heterocycles. The molecule has 6 heteroatoms. The van der Waals surface area contributed by atoms with Gasteiger partial charge in [-0.2, -0.15) is 0 Å². The number of primary sulfonamides is 1. The van der Waals surface area contributed by atoms with Gasteiger partial charge in [0.15, 0.2) is 0 Å². The lowest BCUT2D eigenvalue weighted by Crippen LogP contribution is -2.11. The normalized spacial score (nSPS) is 26.0. The fraction of sp³-hybridized carbons (Fsp3) is 0.526. The van der Waals surface area contributed by atoms with Crippen molar-refractivity contribution < 1.29 is 8.42 Å². The van der Waals surface area contributed by atoms with Gasteiger partial charge in [0.25, 0.3) is 0 Å². The molecule has 2 aromatic rings. The van der Waals surface area contributed by atoms with Gasteiger partial charge in [-0.1, -0.05) is 38.8 Å². The number of nitrogens with zero attached hydrogens (tertiary/aromatic N) is 1. The molecular formula is C19H24N2O2S2. The fourth-order valence-corrected chi connectivity index (χ4v) is 6.02. The van der Waals surface area contributed by atoms with E-state index in [-0.39, 0.29) is 10.3 Å². The van der Waals surface area contributed by atoms with Crippen LogP contribution < -0.4 is 5.14 Å². The highest BCUT2D eigenvalue weighted by molar-refractivity contribution is 7.89. The van der Waals surface area contributed by atoms with Gasteiger partial charge in [0.05, 0.1) is 15.6 Å². The van der Waals surface area contributed by atoms with Gasteiger partial charge in [-0.05, 0) is 41.9 Å². The third kappa shape index (κ3) is 3.04. The number of rotatable bonds is 4. The standard InChI is InChI=1S/C19H24N2O2S2/c1-19(2)16(12-7-9-14(10-8-12)25(20,22)23)17(19)15-11-24-18(21-15)13-5-3-4-6-13/h7-11,13,16-17H,3-6H2,1-2H3,(H2,20,22,23)/t16-,17-/m0/s1. The van der Waals surface area contributed by atoms with E-state index in [2.05, 4.69) is 19.2 Å². The molecule has 25 heavy (non-hydrogen) atoms. The second-order valence-electron chi connectivity index (χ2n) is 7.98. The molecule has 4 rings (SSSR count). The lowest BCUT2D eigenvalue weighted by Gasteiger charge is -2.04. The largest absolute Gasteiger partial charge is 0.246 e. The van der Waals surface area contributed by atoms with Crippen LogP contribution in [0.1, 0.15) is 73.5 Å². The van der Waals surface area contributed by atoms with Crippen LogP contribution in [0, 0.1) is 5.41 Å². The predicted octanol–water partition coefficient (Wildman–Crippen LogP) is 4.36. The fourth-order valence-electron chi connectivity index (χ4n) is 4.48. The van der Waals surface area contributed by atoms with E-state index in [1.165, 1.54) is 36.4 Å². The minimum atomic E-state index is -3.64. The van der Waals surface area contributed by atoms with Crippen molar-refractivity contribution in [3.05, 3.63) is 45.9 Å². The Morgan fingerprint density at radius 1 is 1.12 bits per heavy atom. The Morgan fingerprint density at radius 3 is 2.36 bits per heavy atom. The third-order valence-electron chi connectivity index (χ3n) is 5.96. The molecular weight excluding hydrogens is 352 g/mol. The molecule has 2 aliphatic carbocycles. The van der Waals surface area contributed by atoms with Crippen molar-refractivity contribution in [3.63, 3.8) is 0 Å². The highest BCUT2D eigenvalue weighted by atomic mass is 32.2. The first-order valence-electron chi connectivity index (χ1n) is 8.86. The number of benzene rings is 1. The lowest BCUT2D eigenvalue weighted by atomic mass is 10.0. The van der Waals surface area contributed by atoms with E-state index >= 15 is 0 Å². The zero-order chi connectivity index (χ0) is 17.8. The van der Waals surface area contributed by atoms with Gasteiger partial charge in [-0.15, -0.1) is 11.3 Å². The summed E-state index contributed by atoms with van der Waals surface area (Å²) >= 11 is 1.81. The summed E-state index contributed by atoms with van der Waals surface area (Å²) in [5.74, 6) is 1.44. The Hall–Kier alpha value is -1.24. The molecule has 1 aromatic heterocycles. The third-order valence-corrected chi connectivity index (χ3v) is 7.91. The first-order valence-corrected chi connectivity index (χ1v) is 11.3. The maximum atomic E-state index is 11.4. The number of hydrogen-bond acceptors (Lipinski definition) is 4. The molecule has 0 radical (unpaired) electrons. The van der Waals surface area contributed by atoms with Gasteiger partial charge in [0.1, 0.15) is 0 Å². The van der Waals surface area contributed by atoms with Crippen molar-refractivity contribution in [2.24, 2.45) is 10.6 Å². The Labute approximate surface area is 153 Å². The minimum Gasteiger partial charge on any atom is -0.246 e. The SMILES string of the molecule is CC1(C)[C@@H](c2ccc(S(N)(=O)=O)cc2)[C@@H]1c1csc(C2CCCC2)n1. The molecule has 2 saturated carbocycles. The van der Waals surface area contributed by atoms with Crippen molar-refractivity contribution in [1.29, 1.82) is 0 Å². The molecule has 1 aromatic carbocycles. The first-order chi connectivity index (χ1) is 11.8. The summed E-state index contributed by atoms with van der Waals surface area (Å²) in [5, 5.41) is 8.74. The van der Waals surface area contributed by atoms with Crippen molar-refractivity contribution in [1.82, 2.24) is 4.98 Å². The maximum Gasteiger partial charge on any atom is 0.238 e. The zero-order valence-corrected chi connectivity index (χ0v) is 16.2. The summed E-state index contributed by atoms with van der Waals surface area (Å²) in [4.78, 5) is 5.15. The van der Waals surface area contributed by atoms with Crippen LogP contribution in [0.15, 0.2) is 34.5 Å². The summed E-state index contributed by atoms with van der Waals surface area (Å²) in [5.41, 5.74) is 2.51. The molecule has 2 fully saturated rings. The summed E-state index contributed by atoms with van der Waals surface area (Å²) in [6.45, 7) is 4.54. The topological polar surface area (TPSA) is 73.1 Å². The molecule has 4 nitrogen and oxygen atoms in total. The second kappa shape index (κ2) is 5.89. The highest BCUT2D eigenvalue weighted by Gasteiger charge is 2.59. The van der Waals surface area contributed by atoms with Crippen LogP contribution in [0.4, 0.5) is 0 Å². The molecule has 0 saturated heterocycles. The van der Waals surface area contributed by atoms with Crippen LogP contribution in [-0.2, 0) is 10.0 Å². The van der Waals surface area contributed by atoms with Gasteiger partial charge >= 0.3 is 0 Å². The number of sulfonamides is 1. The monoisotopic (exact) mass is 376 g/mol. The molecule has 2 aliphatic rings. The minimum absolute atomic E-state index is 0.143. The molecule has 0 amide bonds. The highest BCUT2D eigenvalue weighted by Crippen LogP contribution is 2.69. The van der Waals surface area contributed by atoms with Gasteiger partial charge < -0.3 is 0 Å². The van der Waals surface area contributed by atoms with E-state index in [0.717, 1.165) is 5.56 Å². The van der Waals surface area contributed by atoms with Crippen LogP contribution in [0.5, 0.6) is 0 Å². The van der Waals surface area contributed by atoms with Gasteiger partial charge in [0, 0.05) is 17.2 Å². The van der Waals surface area contributed by atoms with Gasteiger partial charge in [0.2, 0.25) is 10.0 Å². The predicted molar refractivity (Wildman–Crippen MR) is 100 cm³/mol. The second-order valence-corrected chi connectivity index (χ2v) is 10.4. The van der Waals surface area contributed by atoms with Gasteiger partial charge in [-0.25, -0.2) is 18.5 Å². The molecule has 0 unspecified atom stereocenters. The molecule has 2 N–H and O–H groups in total. The number of aromatic nitrogens is 1. The quantitative estimate of drug-likeness (QED) is 0.862. The lowest BCUT2D eigenvalue weighted by molar-refractivity contribution is 0.596. The average Bonchev–Trinajstić information content (AvgIpc) is 3.03. The van der Waals surface area contributed by atoms with Crippen molar-refractivity contribution in [2.45, 2.75) is 62.2 Å². The Morgan fingerprint density at radius 2 is 1.76 bits per heavy atom. The smallest absolute Gasteiger partial charge is 0.238 e. The van der Waals surface area contributed by atoms with E-state index in [1.54, 1.807) is 12.1 Å². The number of hydrogen-bond donors (Lipinski definition) is 1. The van der Waals surface area contributed by atoms with E-state index in [9.17, 15) is 8.42 Å². The van der Waals surface area contributed by atoms with E-state index in [4.69, 9.17) is 10.1 Å². The van der Waals surface area contributed by atoms with Crippen molar-refractivity contribution >= 4 is 21.4 Å².